The molecule has 1 aliphatic rings. The minimum atomic E-state index is -1.59. The van der Waals surface area contributed by atoms with Gasteiger partial charge in [-0.2, -0.15) is 4.98 Å². The number of nitrogens with two attached hydrogens (primary N) is 1. The van der Waals surface area contributed by atoms with Gasteiger partial charge in [-0.15, -0.1) is 0 Å². The summed E-state index contributed by atoms with van der Waals surface area (Å²) in [4.78, 5) is 35.2. The van der Waals surface area contributed by atoms with Crippen molar-refractivity contribution in [3.63, 3.8) is 0 Å². The van der Waals surface area contributed by atoms with Crippen molar-refractivity contribution < 1.29 is 27.7 Å². The van der Waals surface area contributed by atoms with Crippen molar-refractivity contribution in [3.05, 3.63) is 46.3 Å². The molecule has 1 aliphatic carbocycles. The first-order valence-electron chi connectivity index (χ1n) is 12.1. The minimum absolute atomic E-state index is 0.00286. The molecule has 37 heavy (non-hydrogen) atoms. The molecule has 0 aliphatic heterocycles. The average molecular weight is 536 g/mol. The monoisotopic (exact) mass is 535 g/mol. The third kappa shape index (κ3) is 7.32. The number of carbonyl (C=O) groups excluding carboxylic acids is 1. The number of ether oxygens (including phenoxy) is 2. The first kappa shape index (κ1) is 27.1. The lowest BCUT2D eigenvalue weighted by atomic mass is 9.86. The van der Waals surface area contributed by atoms with E-state index in [2.05, 4.69) is 15.0 Å². The summed E-state index contributed by atoms with van der Waals surface area (Å²) in [7, 11) is -0.184. The molecule has 1 aromatic carbocycles. The third-order valence-electron chi connectivity index (χ3n) is 6.17. The standard InChI is InChI=1S/C24H31FN5O6P/c1-33-20-8-7-16(11-18(20)25)12-35-37(36-13-19(31)17-5-3-2-4-6-17)15-34-10-9-30-14-27-21-22(30)28-24(26)29-23(21)32/h7-8,11,14,17H,2-6,9-10,12-13,15H2,1H3,(H3,26,28,29,32). The van der Waals surface area contributed by atoms with E-state index in [0.29, 0.717) is 17.8 Å². The number of nitrogen functional groups attached to an aromatic ring is 1. The molecule has 1 unspecified atom stereocenters. The van der Waals surface area contributed by atoms with Crippen LogP contribution in [0.15, 0.2) is 29.3 Å². The number of hydrogen-bond acceptors (Lipinski definition) is 9. The molecule has 0 bridgehead atoms. The quantitative estimate of drug-likeness (QED) is 0.248. The van der Waals surface area contributed by atoms with Crippen LogP contribution in [0.3, 0.4) is 0 Å². The van der Waals surface area contributed by atoms with Crippen LogP contribution in [0.25, 0.3) is 11.2 Å². The summed E-state index contributed by atoms with van der Waals surface area (Å²) in [6.45, 7) is 0.653. The van der Waals surface area contributed by atoms with Crippen molar-refractivity contribution in [2.24, 2.45) is 5.92 Å². The number of anilines is 1. The van der Waals surface area contributed by atoms with Crippen LogP contribution in [0.5, 0.6) is 5.75 Å². The molecule has 11 nitrogen and oxygen atoms in total. The molecule has 3 N–H and O–H groups in total. The van der Waals surface area contributed by atoms with E-state index >= 15 is 0 Å². The molecule has 0 radical (unpaired) electrons. The number of fused-ring (bicyclic) bond motifs is 1. The zero-order valence-corrected chi connectivity index (χ0v) is 21.5. The Kier molecular flexibility index (Phi) is 9.56. The number of nitrogens with one attached hydrogen (secondary N) is 1. The molecule has 1 atom stereocenters. The largest absolute Gasteiger partial charge is 0.494 e. The highest BCUT2D eigenvalue weighted by molar-refractivity contribution is 7.47. The Morgan fingerprint density at radius 1 is 1.27 bits per heavy atom. The maximum Gasteiger partial charge on any atom is 0.280 e. The predicted molar refractivity (Wildman–Crippen MR) is 136 cm³/mol. The van der Waals surface area contributed by atoms with Crippen LogP contribution >= 0.6 is 8.38 Å². The number of carbonyl (C=O) groups is 1. The molecular weight excluding hydrogens is 504 g/mol. The lowest BCUT2D eigenvalue weighted by molar-refractivity contribution is -0.125. The van der Waals surface area contributed by atoms with E-state index in [-0.39, 0.29) is 55.1 Å². The Morgan fingerprint density at radius 2 is 2.08 bits per heavy atom. The first-order valence-corrected chi connectivity index (χ1v) is 13.5. The van der Waals surface area contributed by atoms with Gasteiger partial charge in [0, 0.05) is 12.5 Å². The molecule has 0 saturated heterocycles. The summed E-state index contributed by atoms with van der Waals surface area (Å²) in [6, 6.07) is 4.57. The lowest BCUT2D eigenvalue weighted by Crippen LogP contribution is -2.22. The fourth-order valence-electron chi connectivity index (χ4n) is 4.17. The maximum absolute atomic E-state index is 14.1. The molecule has 13 heteroatoms. The number of hydrogen-bond donors (Lipinski definition) is 2. The first-order chi connectivity index (χ1) is 17.9. The van der Waals surface area contributed by atoms with Crippen molar-refractivity contribution in [2.75, 3.05) is 32.4 Å². The fraction of sp³-hybridized carbons (Fsp3) is 0.500. The number of Topliss-reactive ketones (excluding diaryl/α,β-unsaturated/α-hetero) is 1. The minimum Gasteiger partial charge on any atom is -0.494 e. The summed E-state index contributed by atoms with van der Waals surface area (Å²) in [5, 5.41) is 0. The Balaban J connectivity index is 1.33. The van der Waals surface area contributed by atoms with E-state index < -0.39 is 19.8 Å². The van der Waals surface area contributed by atoms with Gasteiger partial charge in [0.2, 0.25) is 5.95 Å². The molecule has 0 amide bonds. The fourth-order valence-corrected chi connectivity index (χ4v) is 5.24. The highest BCUT2D eigenvalue weighted by atomic mass is 31.2. The number of aromatic amines is 1. The van der Waals surface area contributed by atoms with Crippen LogP contribution < -0.4 is 16.0 Å². The van der Waals surface area contributed by atoms with Crippen LogP contribution in [0.4, 0.5) is 10.3 Å². The normalized spacial score (nSPS) is 15.2. The molecular formula is C24H31FN5O6P. The SMILES string of the molecule is COc1ccc(COP(COCCn2cnc3c(=O)[nH]c(N)nc32)OCC(=O)C2CCCCC2)cc1F. The molecule has 2 heterocycles. The number of H-pyrrole nitrogens is 1. The van der Waals surface area contributed by atoms with Gasteiger partial charge in [0.15, 0.2) is 36.9 Å². The summed E-state index contributed by atoms with van der Waals surface area (Å²) >= 11 is 0. The van der Waals surface area contributed by atoms with Gasteiger partial charge in [-0.05, 0) is 30.5 Å². The molecule has 1 saturated carbocycles. The Bertz CT molecular complexity index is 1260. The van der Waals surface area contributed by atoms with E-state index in [4.69, 9.17) is 24.3 Å². The van der Waals surface area contributed by atoms with Gasteiger partial charge in [-0.1, -0.05) is 25.3 Å². The number of nitrogens with zero attached hydrogens (tertiary/aromatic N) is 3. The van der Waals surface area contributed by atoms with Gasteiger partial charge in [-0.3, -0.25) is 14.6 Å². The molecule has 2 aromatic heterocycles. The zero-order valence-electron chi connectivity index (χ0n) is 20.7. The smallest absolute Gasteiger partial charge is 0.280 e. The van der Waals surface area contributed by atoms with E-state index in [1.165, 1.54) is 25.6 Å². The zero-order chi connectivity index (χ0) is 26.2. The number of ketones is 1. The van der Waals surface area contributed by atoms with Gasteiger partial charge in [0.05, 0.1) is 26.7 Å². The second-order valence-corrected chi connectivity index (χ2v) is 10.2. The molecule has 1 fully saturated rings. The number of imidazole rings is 1. The van der Waals surface area contributed by atoms with Gasteiger partial charge >= 0.3 is 0 Å². The van der Waals surface area contributed by atoms with Crippen LogP contribution in [0.1, 0.15) is 37.7 Å². The summed E-state index contributed by atoms with van der Waals surface area (Å²) in [5.74, 6) is -0.236. The molecule has 200 valence electrons. The van der Waals surface area contributed by atoms with Gasteiger partial charge < -0.3 is 28.8 Å². The number of methoxy groups -OCH3 is 1. The van der Waals surface area contributed by atoms with Crippen molar-refractivity contribution in [1.29, 1.82) is 0 Å². The van der Waals surface area contributed by atoms with Gasteiger partial charge in [-0.25, -0.2) is 9.37 Å². The van der Waals surface area contributed by atoms with Crippen LogP contribution in [-0.4, -0.2) is 52.0 Å². The van der Waals surface area contributed by atoms with Crippen LogP contribution in [0, 0.1) is 11.7 Å². The van der Waals surface area contributed by atoms with Crippen molar-refractivity contribution in [2.45, 2.75) is 45.3 Å². The number of halogens is 1. The Morgan fingerprint density at radius 3 is 2.84 bits per heavy atom. The number of rotatable bonds is 13. The summed E-state index contributed by atoms with van der Waals surface area (Å²) < 4.78 is 38.2. The highest BCUT2D eigenvalue weighted by Gasteiger charge is 2.23. The second kappa shape index (κ2) is 13.0. The molecule has 3 aromatic rings. The van der Waals surface area contributed by atoms with Crippen molar-refractivity contribution in [1.82, 2.24) is 19.5 Å². The summed E-state index contributed by atoms with van der Waals surface area (Å²) in [6.07, 6.45) is 6.66. The maximum atomic E-state index is 14.1. The topological polar surface area (TPSA) is 144 Å². The predicted octanol–water partition coefficient (Wildman–Crippen LogP) is 3.52. The average Bonchev–Trinajstić information content (AvgIpc) is 3.31. The van der Waals surface area contributed by atoms with Gasteiger partial charge in [0.1, 0.15) is 13.0 Å². The number of aromatic nitrogens is 4. The number of benzene rings is 1. The second-order valence-electron chi connectivity index (χ2n) is 8.75. The van der Waals surface area contributed by atoms with E-state index in [1.807, 2.05) is 0 Å². The van der Waals surface area contributed by atoms with Gasteiger partial charge in [0.25, 0.3) is 5.56 Å². The van der Waals surface area contributed by atoms with Crippen LogP contribution in [0.2, 0.25) is 0 Å². The van der Waals surface area contributed by atoms with E-state index in [0.717, 1.165) is 32.1 Å². The highest BCUT2D eigenvalue weighted by Crippen LogP contribution is 2.40. The third-order valence-corrected chi connectivity index (χ3v) is 7.40. The van der Waals surface area contributed by atoms with E-state index in [9.17, 15) is 14.0 Å². The van der Waals surface area contributed by atoms with E-state index in [1.54, 1.807) is 10.6 Å². The Hall–Kier alpha value is -2.92. The van der Waals surface area contributed by atoms with Crippen LogP contribution in [-0.2, 0) is 31.7 Å². The van der Waals surface area contributed by atoms with Crippen molar-refractivity contribution >= 4 is 31.3 Å². The molecule has 0 spiro atoms. The Labute approximate surface area is 214 Å². The summed E-state index contributed by atoms with van der Waals surface area (Å²) in [5.41, 5.74) is 6.38. The lowest BCUT2D eigenvalue weighted by Gasteiger charge is -2.22. The molecule has 4 rings (SSSR count). The van der Waals surface area contributed by atoms with Crippen molar-refractivity contribution in [3.8, 4) is 5.75 Å².